The summed E-state index contributed by atoms with van der Waals surface area (Å²) in [4.78, 5) is 0. The molecule has 0 aliphatic rings. The van der Waals surface area contributed by atoms with Crippen LogP contribution in [0.2, 0.25) is 12.1 Å². The second kappa shape index (κ2) is 12.6. The predicted molar refractivity (Wildman–Crippen MR) is 90.9 cm³/mol. The molecule has 0 spiro atoms. The van der Waals surface area contributed by atoms with Gasteiger partial charge in [0.2, 0.25) is 0 Å². The van der Waals surface area contributed by atoms with E-state index in [-0.39, 0.29) is 0 Å². The van der Waals surface area contributed by atoms with E-state index in [1.807, 2.05) is 27.7 Å². The van der Waals surface area contributed by atoms with Crippen molar-refractivity contribution in [2.45, 2.75) is 52.6 Å². The summed E-state index contributed by atoms with van der Waals surface area (Å²) >= 11 is 0. The summed E-state index contributed by atoms with van der Waals surface area (Å²) in [7, 11) is -1.69. The molecule has 0 aromatic rings. The maximum atomic E-state index is 5.78. The van der Waals surface area contributed by atoms with Gasteiger partial charge in [0.05, 0.1) is 0 Å². The van der Waals surface area contributed by atoms with Gasteiger partial charge in [-0.1, -0.05) is 0 Å². The maximum Gasteiger partial charge on any atom is 0.500 e. The third kappa shape index (κ3) is 7.65. The average Bonchev–Trinajstić information content (AvgIpc) is 2.52. The Morgan fingerprint density at radius 3 is 1.00 bits per heavy atom. The third-order valence-corrected chi connectivity index (χ3v) is 9.38. The molecular weight excluding hydrogens is 320 g/mol. The van der Waals surface area contributed by atoms with Crippen molar-refractivity contribution in [3.8, 4) is 0 Å². The van der Waals surface area contributed by atoms with Crippen molar-refractivity contribution < 1.29 is 26.6 Å². The van der Waals surface area contributed by atoms with Crippen LogP contribution in [0.1, 0.15) is 40.5 Å². The first-order valence-corrected chi connectivity index (χ1v) is 12.1. The molecule has 0 aliphatic carbocycles. The van der Waals surface area contributed by atoms with Gasteiger partial charge in [0.15, 0.2) is 0 Å². The Balaban J connectivity index is 4.44. The molecule has 0 aliphatic heterocycles. The van der Waals surface area contributed by atoms with Crippen LogP contribution in [0.5, 0.6) is 0 Å². The Hall–Kier alpha value is 0.194. The standard InChI is InChI=1S/C14H34O6Si2/c1-7-17-21(15-5,18-8-2)13-11-12-14-22(16-6,19-9-3)20-10-4/h7-14H2,1-6H3. The Morgan fingerprint density at radius 2 is 0.818 bits per heavy atom. The van der Waals surface area contributed by atoms with Gasteiger partial charge >= 0.3 is 17.6 Å². The lowest BCUT2D eigenvalue weighted by molar-refractivity contribution is 0.0815. The van der Waals surface area contributed by atoms with Gasteiger partial charge in [0.1, 0.15) is 0 Å². The molecule has 6 nitrogen and oxygen atoms in total. The summed E-state index contributed by atoms with van der Waals surface area (Å²) in [5.41, 5.74) is 0. The summed E-state index contributed by atoms with van der Waals surface area (Å²) in [5, 5.41) is 0. The predicted octanol–water partition coefficient (Wildman–Crippen LogP) is 3.08. The first-order chi connectivity index (χ1) is 10.6. The van der Waals surface area contributed by atoms with Crippen molar-refractivity contribution in [3.63, 3.8) is 0 Å². The fraction of sp³-hybridized carbons (Fsp3) is 1.00. The summed E-state index contributed by atoms with van der Waals surface area (Å²) < 4.78 is 34.3. The quantitative estimate of drug-likeness (QED) is 0.333. The Morgan fingerprint density at radius 1 is 0.545 bits per heavy atom. The van der Waals surface area contributed by atoms with Crippen LogP contribution >= 0.6 is 0 Å². The SMILES string of the molecule is CCO[Si](CCCC[Si](OC)(OCC)OCC)(OC)OCC. The van der Waals surface area contributed by atoms with Gasteiger partial charge in [0.25, 0.3) is 0 Å². The zero-order valence-electron chi connectivity index (χ0n) is 15.1. The summed E-state index contributed by atoms with van der Waals surface area (Å²) in [6, 6.07) is 1.61. The van der Waals surface area contributed by atoms with Gasteiger partial charge in [-0.25, -0.2) is 0 Å². The summed E-state index contributed by atoms with van der Waals surface area (Å²) in [6.45, 7) is 10.3. The van der Waals surface area contributed by atoms with Crippen molar-refractivity contribution in [1.29, 1.82) is 0 Å². The minimum atomic E-state index is -2.52. The van der Waals surface area contributed by atoms with E-state index in [9.17, 15) is 0 Å². The number of unbranched alkanes of at least 4 members (excludes halogenated alkanes) is 1. The molecule has 0 atom stereocenters. The number of rotatable bonds is 15. The molecule has 0 aromatic heterocycles. The number of hydrogen-bond donors (Lipinski definition) is 0. The molecule has 0 aromatic carbocycles. The molecule has 0 radical (unpaired) electrons. The normalized spacial score (nSPS) is 12.8. The highest BCUT2D eigenvalue weighted by atomic mass is 28.4. The van der Waals surface area contributed by atoms with E-state index < -0.39 is 17.6 Å². The maximum absolute atomic E-state index is 5.78. The molecular formula is C14H34O6Si2. The molecule has 0 amide bonds. The van der Waals surface area contributed by atoms with E-state index in [4.69, 9.17) is 26.6 Å². The van der Waals surface area contributed by atoms with Crippen molar-refractivity contribution in [2.75, 3.05) is 40.6 Å². The third-order valence-electron chi connectivity index (χ3n) is 3.29. The van der Waals surface area contributed by atoms with Crippen LogP contribution in [-0.4, -0.2) is 58.3 Å². The van der Waals surface area contributed by atoms with Gasteiger partial charge in [-0.05, 0) is 40.5 Å². The van der Waals surface area contributed by atoms with Crippen LogP contribution in [0.25, 0.3) is 0 Å². The van der Waals surface area contributed by atoms with Crippen molar-refractivity contribution in [1.82, 2.24) is 0 Å². The highest BCUT2D eigenvalue weighted by molar-refractivity contribution is 6.61. The summed E-state index contributed by atoms with van der Waals surface area (Å²) in [6.07, 6.45) is 1.89. The smallest absolute Gasteiger partial charge is 0.377 e. The highest BCUT2D eigenvalue weighted by Crippen LogP contribution is 2.23. The van der Waals surface area contributed by atoms with E-state index in [2.05, 4.69) is 0 Å². The molecule has 22 heavy (non-hydrogen) atoms. The van der Waals surface area contributed by atoms with Crippen LogP contribution in [0.4, 0.5) is 0 Å². The van der Waals surface area contributed by atoms with Crippen molar-refractivity contribution >= 4 is 17.6 Å². The van der Waals surface area contributed by atoms with Gasteiger partial charge in [0, 0.05) is 52.7 Å². The number of hydrogen-bond acceptors (Lipinski definition) is 6. The molecule has 0 N–H and O–H groups in total. The lowest BCUT2D eigenvalue weighted by Gasteiger charge is -2.29. The molecule has 0 heterocycles. The van der Waals surface area contributed by atoms with E-state index in [0.29, 0.717) is 26.4 Å². The zero-order valence-corrected chi connectivity index (χ0v) is 17.1. The van der Waals surface area contributed by atoms with Gasteiger partial charge in [-0.2, -0.15) is 0 Å². The van der Waals surface area contributed by atoms with E-state index >= 15 is 0 Å². The van der Waals surface area contributed by atoms with E-state index in [1.54, 1.807) is 14.2 Å². The van der Waals surface area contributed by atoms with Gasteiger partial charge in [-0.3, -0.25) is 0 Å². The van der Waals surface area contributed by atoms with Crippen LogP contribution in [0.3, 0.4) is 0 Å². The Kier molecular flexibility index (Phi) is 12.7. The molecule has 0 fully saturated rings. The van der Waals surface area contributed by atoms with Crippen molar-refractivity contribution in [2.24, 2.45) is 0 Å². The second-order valence-corrected chi connectivity index (χ2v) is 10.4. The zero-order chi connectivity index (χ0) is 16.9. The fourth-order valence-corrected chi connectivity index (χ4v) is 7.12. The minimum Gasteiger partial charge on any atom is -0.377 e. The highest BCUT2D eigenvalue weighted by Gasteiger charge is 2.41. The molecule has 8 heteroatoms. The molecule has 0 saturated carbocycles. The van der Waals surface area contributed by atoms with Gasteiger partial charge in [-0.15, -0.1) is 0 Å². The average molecular weight is 355 g/mol. The topological polar surface area (TPSA) is 55.4 Å². The minimum absolute atomic E-state index is 0.606. The van der Waals surface area contributed by atoms with E-state index in [1.165, 1.54) is 0 Å². The van der Waals surface area contributed by atoms with Crippen LogP contribution in [-0.2, 0) is 26.6 Å². The van der Waals surface area contributed by atoms with Crippen molar-refractivity contribution in [3.05, 3.63) is 0 Å². The van der Waals surface area contributed by atoms with Gasteiger partial charge < -0.3 is 26.6 Å². The largest absolute Gasteiger partial charge is 0.500 e. The first kappa shape index (κ1) is 22.2. The Labute approximate surface area is 138 Å². The lowest BCUT2D eigenvalue weighted by Crippen LogP contribution is -2.46. The molecule has 134 valence electrons. The molecule has 0 bridgehead atoms. The van der Waals surface area contributed by atoms with Crippen LogP contribution < -0.4 is 0 Å². The fourth-order valence-electron chi connectivity index (χ4n) is 2.37. The van der Waals surface area contributed by atoms with Crippen LogP contribution in [0, 0.1) is 0 Å². The van der Waals surface area contributed by atoms with Crippen LogP contribution in [0.15, 0.2) is 0 Å². The molecule has 0 saturated heterocycles. The lowest BCUT2D eigenvalue weighted by atomic mass is 10.4. The first-order valence-electron chi connectivity index (χ1n) is 8.23. The molecule has 0 rings (SSSR count). The Bertz CT molecular complexity index is 230. The second-order valence-electron chi connectivity index (χ2n) is 4.71. The summed E-state index contributed by atoms with van der Waals surface area (Å²) in [5.74, 6) is 0. The monoisotopic (exact) mass is 354 g/mol. The molecule has 0 unspecified atom stereocenters. The van der Waals surface area contributed by atoms with E-state index in [0.717, 1.165) is 24.9 Å².